The number of aryl methyl sites for hydroxylation is 1. The zero-order valence-corrected chi connectivity index (χ0v) is 12.5. The summed E-state index contributed by atoms with van der Waals surface area (Å²) in [6.45, 7) is 3.59. The van der Waals surface area contributed by atoms with E-state index in [1.807, 2.05) is 36.1 Å². The van der Waals surface area contributed by atoms with E-state index in [1.54, 1.807) is 0 Å². The minimum Gasteiger partial charge on any atom is -0.353 e. The monoisotopic (exact) mass is 286 g/mol. The number of benzene rings is 1. The number of hydrogen-bond donors (Lipinski definition) is 1. The third-order valence-electron chi connectivity index (χ3n) is 4.65. The van der Waals surface area contributed by atoms with Crippen LogP contribution in [0.3, 0.4) is 0 Å². The summed E-state index contributed by atoms with van der Waals surface area (Å²) in [5.74, 6) is 0.795. The normalized spacial score (nSPS) is 25.2. The Labute approximate surface area is 125 Å². The molecule has 2 unspecified atom stereocenters. The number of carbonyl (C=O) groups is 2. The van der Waals surface area contributed by atoms with Crippen molar-refractivity contribution in [3.8, 4) is 0 Å². The van der Waals surface area contributed by atoms with E-state index in [2.05, 4.69) is 5.32 Å². The fraction of sp³-hybridized carbons (Fsp3) is 0.529. The van der Waals surface area contributed by atoms with Gasteiger partial charge in [0, 0.05) is 25.6 Å². The number of rotatable bonds is 2. The number of hydrogen-bond acceptors (Lipinski definition) is 2. The molecule has 2 saturated heterocycles. The maximum absolute atomic E-state index is 12.4. The molecular weight excluding hydrogens is 264 g/mol. The van der Waals surface area contributed by atoms with E-state index < -0.39 is 0 Å². The first-order valence-electron chi connectivity index (χ1n) is 7.74. The number of fused-ring (bicyclic) bond motifs is 1. The molecule has 21 heavy (non-hydrogen) atoms. The van der Waals surface area contributed by atoms with Crippen molar-refractivity contribution in [1.82, 2.24) is 10.2 Å². The van der Waals surface area contributed by atoms with Gasteiger partial charge in [0.05, 0.1) is 6.42 Å². The van der Waals surface area contributed by atoms with Crippen molar-refractivity contribution < 1.29 is 9.59 Å². The third-order valence-corrected chi connectivity index (χ3v) is 4.65. The second kappa shape index (κ2) is 5.88. The summed E-state index contributed by atoms with van der Waals surface area (Å²) in [6.07, 6.45) is 2.87. The maximum Gasteiger partial charge on any atom is 0.227 e. The molecule has 1 aromatic rings. The van der Waals surface area contributed by atoms with Crippen LogP contribution in [0.1, 0.15) is 30.4 Å². The molecule has 2 aliphatic rings. The molecule has 0 saturated carbocycles. The van der Waals surface area contributed by atoms with Crippen molar-refractivity contribution in [2.75, 3.05) is 13.1 Å². The van der Waals surface area contributed by atoms with Crippen LogP contribution in [0.15, 0.2) is 24.3 Å². The molecule has 0 spiro atoms. The van der Waals surface area contributed by atoms with Gasteiger partial charge in [-0.1, -0.05) is 29.8 Å². The highest BCUT2D eigenvalue weighted by Crippen LogP contribution is 2.25. The molecule has 3 rings (SSSR count). The Balaban J connectivity index is 1.58. The first kappa shape index (κ1) is 14.1. The van der Waals surface area contributed by atoms with Crippen LogP contribution in [-0.2, 0) is 16.0 Å². The summed E-state index contributed by atoms with van der Waals surface area (Å²) in [4.78, 5) is 25.8. The van der Waals surface area contributed by atoms with Crippen molar-refractivity contribution in [3.63, 3.8) is 0 Å². The van der Waals surface area contributed by atoms with Crippen LogP contribution in [0.5, 0.6) is 0 Å². The first-order chi connectivity index (χ1) is 10.1. The minimum absolute atomic E-state index is 0.163. The van der Waals surface area contributed by atoms with E-state index >= 15 is 0 Å². The molecule has 112 valence electrons. The topological polar surface area (TPSA) is 49.4 Å². The Morgan fingerprint density at radius 2 is 2.05 bits per heavy atom. The standard InChI is InChI=1S/C17H22N2O2/c1-12-2-4-13(5-3-12)10-17(21)19-9-8-15-14(11-19)6-7-16(20)18-15/h2-5,14-15H,6-11H2,1H3,(H,18,20). The molecule has 2 aliphatic heterocycles. The third kappa shape index (κ3) is 3.26. The highest BCUT2D eigenvalue weighted by Gasteiger charge is 2.35. The summed E-state index contributed by atoms with van der Waals surface area (Å²) in [6, 6.07) is 8.42. The van der Waals surface area contributed by atoms with E-state index in [-0.39, 0.29) is 17.9 Å². The van der Waals surface area contributed by atoms with Crippen LogP contribution in [-0.4, -0.2) is 35.8 Å². The molecule has 4 heteroatoms. The van der Waals surface area contributed by atoms with Crippen LogP contribution in [0, 0.1) is 12.8 Å². The summed E-state index contributed by atoms with van der Waals surface area (Å²) < 4.78 is 0. The van der Waals surface area contributed by atoms with Gasteiger partial charge in [-0.3, -0.25) is 9.59 Å². The molecule has 2 amide bonds. The predicted molar refractivity (Wildman–Crippen MR) is 80.7 cm³/mol. The van der Waals surface area contributed by atoms with Crippen LogP contribution < -0.4 is 5.32 Å². The zero-order valence-electron chi connectivity index (χ0n) is 12.5. The van der Waals surface area contributed by atoms with Crippen LogP contribution >= 0.6 is 0 Å². The summed E-state index contributed by atoms with van der Waals surface area (Å²) in [7, 11) is 0. The van der Waals surface area contributed by atoms with Gasteiger partial charge in [-0.05, 0) is 31.2 Å². The SMILES string of the molecule is Cc1ccc(CC(=O)N2CCC3NC(=O)CCC3C2)cc1. The number of amides is 2. The van der Waals surface area contributed by atoms with Gasteiger partial charge in [0.15, 0.2) is 0 Å². The van der Waals surface area contributed by atoms with Gasteiger partial charge in [-0.15, -0.1) is 0 Å². The lowest BCUT2D eigenvalue weighted by atomic mass is 9.85. The maximum atomic E-state index is 12.4. The lowest BCUT2D eigenvalue weighted by Crippen LogP contribution is -2.55. The van der Waals surface area contributed by atoms with E-state index in [0.29, 0.717) is 18.8 Å². The summed E-state index contributed by atoms with van der Waals surface area (Å²) in [5.41, 5.74) is 2.29. The molecule has 0 aromatic heterocycles. The van der Waals surface area contributed by atoms with E-state index in [0.717, 1.165) is 31.5 Å². The number of nitrogens with one attached hydrogen (secondary N) is 1. The van der Waals surface area contributed by atoms with Crippen molar-refractivity contribution in [1.29, 1.82) is 0 Å². The summed E-state index contributed by atoms with van der Waals surface area (Å²) in [5, 5.41) is 3.06. The second-order valence-electron chi connectivity index (χ2n) is 6.26. The summed E-state index contributed by atoms with van der Waals surface area (Å²) >= 11 is 0. The predicted octanol–water partition coefficient (Wildman–Crippen LogP) is 1.66. The number of likely N-dealkylation sites (tertiary alicyclic amines) is 1. The molecule has 1 N–H and O–H groups in total. The number of nitrogens with zero attached hydrogens (tertiary/aromatic N) is 1. The number of carbonyl (C=O) groups excluding carboxylic acids is 2. The van der Waals surface area contributed by atoms with Gasteiger partial charge in [-0.2, -0.15) is 0 Å². The molecule has 2 heterocycles. The van der Waals surface area contributed by atoms with Gasteiger partial charge in [-0.25, -0.2) is 0 Å². The lowest BCUT2D eigenvalue weighted by Gasteiger charge is -2.41. The lowest BCUT2D eigenvalue weighted by molar-refractivity contribution is -0.134. The highest BCUT2D eigenvalue weighted by atomic mass is 16.2. The van der Waals surface area contributed by atoms with Crippen LogP contribution in [0.2, 0.25) is 0 Å². The van der Waals surface area contributed by atoms with Crippen molar-refractivity contribution in [2.45, 2.75) is 38.6 Å². The Morgan fingerprint density at radius 1 is 1.29 bits per heavy atom. The molecule has 2 atom stereocenters. The number of piperidine rings is 2. The molecular formula is C17H22N2O2. The smallest absolute Gasteiger partial charge is 0.227 e. The second-order valence-corrected chi connectivity index (χ2v) is 6.26. The van der Waals surface area contributed by atoms with Gasteiger partial charge < -0.3 is 10.2 Å². The Morgan fingerprint density at radius 3 is 2.81 bits per heavy atom. The Bertz CT molecular complexity index is 538. The van der Waals surface area contributed by atoms with E-state index in [1.165, 1.54) is 5.56 Å². The van der Waals surface area contributed by atoms with Gasteiger partial charge in [0.1, 0.15) is 0 Å². The largest absolute Gasteiger partial charge is 0.353 e. The Kier molecular flexibility index (Phi) is 3.95. The molecule has 0 bridgehead atoms. The molecule has 4 nitrogen and oxygen atoms in total. The first-order valence-corrected chi connectivity index (χ1v) is 7.74. The van der Waals surface area contributed by atoms with Gasteiger partial charge >= 0.3 is 0 Å². The molecule has 2 fully saturated rings. The van der Waals surface area contributed by atoms with E-state index in [4.69, 9.17) is 0 Å². The van der Waals surface area contributed by atoms with Crippen molar-refractivity contribution in [2.24, 2.45) is 5.92 Å². The van der Waals surface area contributed by atoms with Crippen LogP contribution in [0.4, 0.5) is 0 Å². The average Bonchev–Trinajstić information content (AvgIpc) is 2.49. The van der Waals surface area contributed by atoms with Gasteiger partial charge in [0.2, 0.25) is 11.8 Å². The average molecular weight is 286 g/mol. The fourth-order valence-electron chi connectivity index (χ4n) is 3.33. The van der Waals surface area contributed by atoms with E-state index in [9.17, 15) is 9.59 Å². The molecule has 0 aliphatic carbocycles. The molecule has 0 radical (unpaired) electrons. The molecule has 1 aromatic carbocycles. The van der Waals surface area contributed by atoms with Crippen molar-refractivity contribution >= 4 is 11.8 Å². The van der Waals surface area contributed by atoms with Crippen LogP contribution in [0.25, 0.3) is 0 Å². The Hall–Kier alpha value is -1.84. The van der Waals surface area contributed by atoms with Crippen molar-refractivity contribution in [3.05, 3.63) is 35.4 Å². The quantitative estimate of drug-likeness (QED) is 0.899. The fourth-order valence-corrected chi connectivity index (χ4v) is 3.33. The minimum atomic E-state index is 0.163. The zero-order chi connectivity index (χ0) is 14.8. The highest BCUT2D eigenvalue weighted by molar-refractivity contribution is 5.79. The van der Waals surface area contributed by atoms with Gasteiger partial charge in [0.25, 0.3) is 0 Å².